The molecule has 3 aromatic rings. The summed E-state index contributed by atoms with van der Waals surface area (Å²) in [7, 11) is 0. The number of aromatic nitrogens is 4. The Kier molecular flexibility index (Phi) is 4.92. The third kappa shape index (κ3) is 3.08. The fourth-order valence-corrected chi connectivity index (χ4v) is 3.60. The lowest BCUT2D eigenvalue weighted by molar-refractivity contribution is -0.291. The first-order chi connectivity index (χ1) is 15.1. The van der Waals surface area contributed by atoms with Crippen molar-refractivity contribution in [3.05, 3.63) is 71.0 Å². The number of nitrogens with zero attached hydrogens (tertiary/aromatic N) is 5. The van der Waals surface area contributed by atoms with Crippen LogP contribution in [0.25, 0.3) is 5.69 Å². The number of halogens is 5. The molecule has 0 radical (unpaired) electrons. The first-order valence-corrected chi connectivity index (χ1v) is 9.34. The van der Waals surface area contributed by atoms with E-state index in [2.05, 4.69) is 10.2 Å². The van der Waals surface area contributed by atoms with Crippen LogP contribution in [0.2, 0.25) is 0 Å². The van der Waals surface area contributed by atoms with Crippen LogP contribution in [0.1, 0.15) is 29.8 Å². The van der Waals surface area contributed by atoms with E-state index in [0.29, 0.717) is 0 Å². The molecule has 7 nitrogen and oxygen atoms in total. The van der Waals surface area contributed by atoms with Crippen molar-refractivity contribution in [1.82, 2.24) is 19.6 Å². The minimum Gasteiger partial charge on any atom is -0.422 e. The standard InChI is InChI=1S/C20H15F5N6O/c1-2-30-13(8-9-28-30)14-12(10-26)17(27)32-18-15(14)16(19(21,22)20(23,24)25)29-31(18)11-6-4-3-5-7-11/h3-9,14H,2,27H2,1H3/t14-/m1/s1. The Bertz CT molecular complexity index is 1240. The lowest BCUT2D eigenvalue weighted by Crippen LogP contribution is -2.36. The number of benzene rings is 1. The zero-order valence-corrected chi connectivity index (χ0v) is 16.4. The van der Waals surface area contributed by atoms with Gasteiger partial charge in [0.05, 0.1) is 22.9 Å². The molecule has 0 aliphatic carbocycles. The fourth-order valence-electron chi connectivity index (χ4n) is 3.60. The highest BCUT2D eigenvalue weighted by Gasteiger charge is 2.63. The molecule has 0 saturated carbocycles. The van der Waals surface area contributed by atoms with Crippen LogP contribution in [-0.2, 0) is 12.5 Å². The third-order valence-electron chi connectivity index (χ3n) is 5.05. The second-order valence-electron chi connectivity index (χ2n) is 6.88. The summed E-state index contributed by atoms with van der Waals surface area (Å²) >= 11 is 0. The Morgan fingerprint density at radius 3 is 2.44 bits per heavy atom. The van der Waals surface area contributed by atoms with Gasteiger partial charge in [0.2, 0.25) is 11.8 Å². The SMILES string of the molecule is CCn1nccc1[C@H]1C(C#N)=C(N)Oc2c1c(C(F)(F)C(F)(F)F)nn2-c1ccccc1. The highest BCUT2D eigenvalue weighted by molar-refractivity contribution is 5.57. The average molecular weight is 450 g/mol. The Labute approximate surface area is 178 Å². The van der Waals surface area contributed by atoms with E-state index in [1.54, 1.807) is 31.2 Å². The topological polar surface area (TPSA) is 94.7 Å². The molecule has 1 atom stereocenters. The zero-order chi connectivity index (χ0) is 23.3. The van der Waals surface area contributed by atoms with E-state index >= 15 is 0 Å². The second kappa shape index (κ2) is 7.37. The van der Waals surface area contributed by atoms with Crippen LogP contribution in [0.4, 0.5) is 22.0 Å². The molecule has 32 heavy (non-hydrogen) atoms. The van der Waals surface area contributed by atoms with Crippen molar-refractivity contribution in [2.75, 3.05) is 0 Å². The summed E-state index contributed by atoms with van der Waals surface area (Å²) in [5.74, 6) is -7.58. The number of ether oxygens (including phenoxy) is 1. The lowest BCUT2D eigenvalue weighted by atomic mass is 9.86. The van der Waals surface area contributed by atoms with Crippen molar-refractivity contribution >= 4 is 0 Å². The van der Waals surface area contributed by atoms with Crippen LogP contribution in [0.5, 0.6) is 5.88 Å². The summed E-state index contributed by atoms with van der Waals surface area (Å²) in [4.78, 5) is 0. The van der Waals surface area contributed by atoms with Gasteiger partial charge < -0.3 is 10.5 Å². The number of para-hydroxylation sites is 1. The van der Waals surface area contributed by atoms with Gasteiger partial charge in [-0.3, -0.25) is 4.68 Å². The number of nitrogens with two attached hydrogens (primary N) is 1. The van der Waals surface area contributed by atoms with Crippen LogP contribution in [0.15, 0.2) is 54.1 Å². The molecule has 4 rings (SSSR count). The molecule has 1 aromatic carbocycles. The van der Waals surface area contributed by atoms with Gasteiger partial charge in [0.1, 0.15) is 17.3 Å². The first-order valence-electron chi connectivity index (χ1n) is 9.34. The number of hydrogen-bond acceptors (Lipinski definition) is 5. The largest absolute Gasteiger partial charge is 0.459 e. The van der Waals surface area contributed by atoms with Gasteiger partial charge in [-0.25, -0.2) is 0 Å². The summed E-state index contributed by atoms with van der Waals surface area (Å²) < 4.78 is 77.2. The average Bonchev–Trinajstić information content (AvgIpc) is 3.37. The highest BCUT2D eigenvalue weighted by atomic mass is 19.4. The molecular formula is C20H15F5N6O. The van der Waals surface area contributed by atoms with Crippen LogP contribution in [0, 0.1) is 11.3 Å². The first kappa shape index (κ1) is 21.4. The van der Waals surface area contributed by atoms with Gasteiger partial charge in [-0.1, -0.05) is 18.2 Å². The minimum atomic E-state index is -5.94. The number of rotatable bonds is 4. The Morgan fingerprint density at radius 1 is 1.16 bits per heavy atom. The molecule has 2 N–H and O–H groups in total. The maximum Gasteiger partial charge on any atom is 0.459 e. The monoisotopic (exact) mass is 450 g/mol. The molecule has 0 bridgehead atoms. The number of allylic oxidation sites excluding steroid dienone is 1. The van der Waals surface area contributed by atoms with E-state index in [-0.39, 0.29) is 23.5 Å². The van der Waals surface area contributed by atoms with Gasteiger partial charge in [0.25, 0.3) is 0 Å². The minimum absolute atomic E-state index is 0.170. The number of fused-ring (bicyclic) bond motifs is 1. The van der Waals surface area contributed by atoms with Gasteiger partial charge in [0, 0.05) is 12.7 Å². The summed E-state index contributed by atoms with van der Waals surface area (Å²) in [6.07, 6.45) is -4.59. The summed E-state index contributed by atoms with van der Waals surface area (Å²) in [5.41, 5.74) is 3.77. The van der Waals surface area contributed by atoms with Crippen LogP contribution < -0.4 is 10.5 Å². The van der Waals surface area contributed by atoms with Crippen molar-refractivity contribution < 1.29 is 26.7 Å². The Hall–Kier alpha value is -3.88. The predicted octanol–water partition coefficient (Wildman–Crippen LogP) is 3.96. The molecule has 0 amide bonds. The van der Waals surface area contributed by atoms with Gasteiger partial charge in [-0.05, 0) is 25.1 Å². The summed E-state index contributed by atoms with van der Waals surface area (Å²) in [6.45, 7) is 1.97. The van der Waals surface area contributed by atoms with E-state index in [4.69, 9.17) is 10.5 Å². The van der Waals surface area contributed by atoms with Crippen LogP contribution >= 0.6 is 0 Å². The van der Waals surface area contributed by atoms with E-state index in [9.17, 15) is 27.2 Å². The number of alkyl halides is 5. The highest BCUT2D eigenvalue weighted by Crippen LogP contribution is 2.52. The van der Waals surface area contributed by atoms with E-state index in [0.717, 1.165) is 4.68 Å². The molecule has 0 unspecified atom stereocenters. The van der Waals surface area contributed by atoms with Crippen LogP contribution in [0.3, 0.4) is 0 Å². The molecule has 0 fully saturated rings. The van der Waals surface area contributed by atoms with E-state index < -0.39 is 41.0 Å². The summed E-state index contributed by atoms with van der Waals surface area (Å²) in [6, 6.07) is 10.8. The van der Waals surface area contributed by atoms with Crippen molar-refractivity contribution in [1.29, 1.82) is 5.26 Å². The molecular weight excluding hydrogens is 435 g/mol. The molecule has 1 aliphatic heterocycles. The smallest absolute Gasteiger partial charge is 0.422 e. The van der Waals surface area contributed by atoms with E-state index in [1.807, 2.05) is 0 Å². The van der Waals surface area contributed by atoms with Crippen LogP contribution in [-0.4, -0.2) is 25.7 Å². The number of nitriles is 1. The molecule has 1 aliphatic rings. The quantitative estimate of drug-likeness (QED) is 0.608. The molecule has 0 spiro atoms. The molecule has 0 saturated heterocycles. The van der Waals surface area contributed by atoms with Crippen molar-refractivity contribution in [2.45, 2.75) is 31.5 Å². The lowest BCUT2D eigenvalue weighted by Gasteiger charge is -2.27. The maximum absolute atomic E-state index is 14.7. The molecule has 12 heteroatoms. The van der Waals surface area contributed by atoms with Gasteiger partial charge in [0.15, 0.2) is 0 Å². The number of aryl methyl sites for hydroxylation is 1. The predicted molar refractivity (Wildman–Crippen MR) is 101 cm³/mol. The fraction of sp³-hybridized carbons (Fsp3) is 0.250. The Morgan fingerprint density at radius 2 is 1.84 bits per heavy atom. The van der Waals surface area contributed by atoms with Crippen molar-refractivity contribution in [3.8, 4) is 17.6 Å². The molecule has 166 valence electrons. The number of hydrogen-bond donors (Lipinski definition) is 1. The second-order valence-corrected chi connectivity index (χ2v) is 6.88. The van der Waals surface area contributed by atoms with Crippen molar-refractivity contribution in [3.63, 3.8) is 0 Å². The Balaban J connectivity index is 2.10. The van der Waals surface area contributed by atoms with Gasteiger partial charge in [-0.2, -0.15) is 42.1 Å². The van der Waals surface area contributed by atoms with Crippen molar-refractivity contribution in [2.24, 2.45) is 5.73 Å². The normalized spacial score (nSPS) is 16.5. The zero-order valence-electron chi connectivity index (χ0n) is 16.4. The van der Waals surface area contributed by atoms with Gasteiger partial charge >= 0.3 is 12.1 Å². The third-order valence-corrected chi connectivity index (χ3v) is 5.05. The van der Waals surface area contributed by atoms with Gasteiger partial charge in [-0.15, -0.1) is 0 Å². The molecule has 2 aromatic heterocycles. The maximum atomic E-state index is 14.7. The molecule has 3 heterocycles. The van der Waals surface area contributed by atoms with E-state index in [1.165, 1.54) is 29.1 Å². The summed E-state index contributed by atoms with van der Waals surface area (Å²) in [5, 5.41) is 17.3.